The van der Waals surface area contributed by atoms with Gasteiger partial charge in [0.2, 0.25) is 0 Å². The first-order chi connectivity index (χ1) is 20.6. The number of rotatable bonds is 11. The van der Waals surface area contributed by atoms with Crippen LogP contribution >= 0.6 is 0 Å². The Hall–Kier alpha value is -5.04. The average Bonchev–Trinajstić information content (AvgIpc) is 3.32. The highest BCUT2D eigenvalue weighted by Crippen LogP contribution is 2.43. The third-order valence-electron chi connectivity index (χ3n) is 6.82. The number of nitrogens with zero attached hydrogens (tertiary/aromatic N) is 2. The van der Waals surface area contributed by atoms with E-state index < -0.39 is 36.3 Å². The highest BCUT2D eigenvalue weighted by Gasteiger charge is 2.29. The Morgan fingerprint density at radius 3 is 2.28 bits per heavy atom. The summed E-state index contributed by atoms with van der Waals surface area (Å²) in [6.07, 6.45) is -0.0716. The van der Waals surface area contributed by atoms with Crippen LogP contribution in [0.15, 0.2) is 84.9 Å². The largest absolute Gasteiger partial charge is 0.481 e. The lowest BCUT2D eigenvalue weighted by Gasteiger charge is -2.17. The quantitative estimate of drug-likeness (QED) is 0.165. The zero-order valence-corrected chi connectivity index (χ0v) is 23.7. The number of anilines is 1. The molecule has 1 aromatic heterocycles. The first kappa shape index (κ1) is 30.9. The van der Waals surface area contributed by atoms with Crippen LogP contribution in [0.4, 0.5) is 10.1 Å². The Bertz CT molecular complexity index is 1670. The van der Waals surface area contributed by atoms with E-state index in [0.717, 1.165) is 5.56 Å². The summed E-state index contributed by atoms with van der Waals surface area (Å²) in [5.74, 6) is -2.05. The highest BCUT2D eigenvalue weighted by molar-refractivity contribution is 6.12. The normalized spacial score (nSPS) is 12.7. The van der Waals surface area contributed by atoms with Gasteiger partial charge in [-0.05, 0) is 61.4 Å². The molecule has 220 valence electrons. The van der Waals surface area contributed by atoms with Crippen molar-refractivity contribution in [3.63, 3.8) is 0 Å². The molecule has 1 heterocycles. The summed E-state index contributed by atoms with van der Waals surface area (Å²) in [4.78, 5) is 25.1. The molecule has 0 spiro atoms. The Kier molecular flexibility index (Phi) is 9.88. The van der Waals surface area contributed by atoms with Crippen molar-refractivity contribution in [2.75, 3.05) is 5.32 Å². The number of halogens is 1. The Labute approximate surface area is 249 Å². The van der Waals surface area contributed by atoms with Gasteiger partial charge in [-0.3, -0.25) is 9.59 Å². The zero-order chi connectivity index (χ0) is 31.1. The molecule has 0 aliphatic heterocycles. The van der Waals surface area contributed by atoms with Gasteiger partial charge in [-0.25, -0.2) is 4.39 Å². The molecule has 1 amide bonds. The van der Waals surface area contributed by atoms with Gasteiger partial charge < -0.3 is 25.2 Å². The number of hydrogen-bond acceptors (Lipinski definition) is 5. The monoisotopic (exact) mass is 581 g/mol. The standard InChI is InChI=1S/C34H32FN3O5/c1-21(2)38-29(16-15-27(39)18-28(40)19-30(41)42)31(24-11-13-25(35)14-12-24)32(23-8-4-3-5-9-23)33(38)34(43)37-26-10-6-7-22(17-26)20-36/h3-17,21,27-28,39-40H,18-19H2,1-2H3,(H,37,43)(H,41,42)/t27-,28-/m1/s1. The van der Waals surface area contributed by atoms with Crippen LogP contribution in [0, 0.1) is 17.1 Å². The number of carboxylic acid groups (broad SMARTS) is 1. The van der Waals surface area contributed by atoms with E-state index in [1.54, 1.807) is 42.5 Å². The van der Waals surface area contributed by atoms with Crippen molar-refractivity contribution in [2.45, 2.75) is 44.9 Å². The molecule has 2 atom stereocenters. The summed E-state index contributed by atoms with van der Waals surface area (Å²) < 4.78 is 15.9. The number of aliphatic hydroxyl groups excluding tert-OH is 2. The molecular weight excluding hydrogens is 549 g/mol. The van der Waals surface area contributed by atoms with E-state index in [1.165, 1.54) is 18.2 Å². The van der Waals surface area contributed by atoms with E-state index in [9.17, 15) is 29.5 Å². The highest BCUT2D eigenvalue weighted by atomic mass is 19.1. The second-order valence-electron chi connectivity index (χ2n) is 10.4. The maximum atomic E-state index is 14.1. The summed E-state index contributed by atoms with van der Waals surface area (Å²) in [7, 11) is 0. The van der Waals surface area contributed by atoms with Gasteiger partial charge >= 0.3 is 5.97 Å². The van der Waals surface area contributed by atoms with E-state index >= 15 is 0 Å². The molecule has 9 heteroatoms. The Morgan fingerprint density at radius 1 is 0.977 bits per heavy atom. The van der Waals surface area contributed by atoms with E-state index in [4.69, 9.17) is 5.11 Å². The van der Waals surface area contributed by atoms with Crippen molar-refractivity contribution in [1.29, 1.82) is 5.26 Å². The number of amides is 1. The predicted octanol–water partition coefficient (Wildman–Crippen LogP) is 6.27. The van der Waals surface area contributed by atoms with Crippen molar-refractivity contribution in [2.24, 2.45) is 0 Å². The number of aliphatic hydroxyl groups is 2. The van der Waals surface area contributed by atoms with Crippen LogP contribution in [0.3, 0.4) is 0 Å². The first-order valence-electron chi connectivity index (χ1n) is 13.8. The van der Waals surface area contributed by atoms with Crippen molar-refractivity contribution in [3.05, 3.63) is 108 Å². The second kappa shape index (κ2) is 13.7. The smallest absolute Gasteiger partial charge is 0.305 e. The SMILES string of the molecule is CC(C)n1c(C=C[C@@H](O)C[C@@H](O)CC(=O)O)c(-c2ccc(F)cc2)c(-c2ccccc2)c1C(=O)Nc1cccc(C#N)c1. The van der Waals surface area contributed by atoms with Crippen molar-refractivity contribution in [1.82, 2.24) is 4.57 Å². The van der Waals surface area contributed by atoms with E-state index in [1.807, 2.05) is 48.7 Å². The summed E-state index contributed by atoms with van der Waals surface area (Å²) in [5.41, 5.74) is 4.22. The molecule has 0 saturated carbocycles. The molecule has 0 saturated heterocycles. The van der Waals surface area contributed by atoms with Gasteiger partial charge in [0.05, 0.1) is 30.3 Å². The number of benzene rings is 3. The van der Waals surface area contributed by atoms with Crippen molar-refractivity contribution < 1.29 is 29.3 Å². The third kappa shape index (κ3) is 7.43. The summed E-state index contributed by atoms with van der Waals surface area (Å²) in [6.45, 7) is 3.81. The van der Waals surface area contributed by atoms with Gasteiger partial charge in [-0.1, -0.05) is 54.6 Å². The zero-order valence-electron chi connectivity index (χ0n) is 23.7. The number of nitrogens with one attached hydrogen (secondary N) is 1. The minimum absolute atomic E-state index is 0.203. The van der Waals surface area contributed by atoms with Crippen LogP contribution in [0.2, 0.25) is 0 Å². The Balaban J connectivity index is 1.96. The van der Waals surface area contributed by atoms with E-state index in [2.05, 4.69) is 11.4 Å². The molecule has 0 unspecified atom stereocenters. The fraction of sp³-hybridized carbons (Fsp3) is 0.206. The third-order valence-corrected chi connectivity index (χ3v) is 6.82. The molecular formula is C34H32FN3O5. The van der Waals surface area contributed by atoms with Crippen molar-refractivity contribution >= 4 is 23.6 Å². The van der Waals surface area contributed by atoms with Gasteiger partial charge in [0.25, 0.3) is 5.91 Å². The average molecular weight is 582 g/mol. The number of hydrogen-bond donors (Lipinski definition) is 4. The molecule has 4 aromatic rings. The fourth-order valence-corrected chi connectivity index (χ4v) is 5.03. The van der Waals surface area contributed by atoms with Crippen LogP contribution in [-0.4, -0.2) is 44.0 Å². The minimum Gasteiger partial charge on any atom is -0.481 e. The topological polar surface area (TPSA) is 136 Å². The maximum absolute atomic E-state index is 14.1. The minimum atomic E-state index is -1.25. The molecule has 4 rings (SSSR count). The summed E-state index contributed by atoms with van der Waals surface area (Å²) in [6, 6.07) is 23.5. The summed E-state index contributed by atoms with van der Waals surface area (Å²) in [5, 5.41) is 41.9. The summed E-state index contributed by atoms with van der Waals surface area (Å²) >= 11 is 0. The molecule has 43 heavy (non-hydrogen) atoms. The second-order valence-corrected chi connectivity index (χ2v) is 10.4. The number of carbonyl (C=O) groups is 2. The number of aliphatic carboxylic acids is 1. The number of carbonyl (C=O) groups excluding carboxylic acids is 1. The molecule has 8 nitrogen and oxygen atoms in total. The molecule has 0 bridgehead atoms. The van der Waals surface area contributed by atoms with Crippen molar-refractivity contribution in [3.8, 4) is 28.3 Å². The molecule has 0 radical (unpaired) electrons. The number of nitriles is 1. The van der Waals surface area contributed by atoms with Gasteiger partial charge in [0.15, 0.2) is 0 Å². The Morgan fingerprint density at radius 2 is 1.65 bits per heavy atom. The lowest BCUT2D eigenvalue weighted by atomic mass is 9.94. The fourth-order valence-electron chi connectivity index (χ4n) is 5.03. The molecule has 0 aliphatic carbocycles. The molecule has 0 aliphatic rings. The van der Waals surface area contributed by atoms with Gasteiger partial charge in [-0.15, -0.1) is 0 Å². The molecule has 3 aromatic carbocycles. The number of aromatic nitrogens is 1. The molecule has 0 fully saturated rings. The van der Waals surface area contributed by atoms with Gasteiger partial charge in [0, 0.05) is 35.0 Å². The lowest BCUT2D eigenvalue weighted by molar-refractivity contribution is -0.139. The van der Waals surface area contributed by atoms with Crippen LogP contribution in [0.5, 0.6) is 0 Å². The van der Waals surface area contributed by atoms with Crippen LogP contribution in [0.25, 0.3) is 28.3 Å². The number of carboxylic acids is 1. The van der Waals surface area contributed by atoms with Gasteiger partial charge in [-0.2, -0.15) is 5.26 Å². The predicted molar refractivity (Wildman–Crippen MR) is 163 cm³/mol. The van der Waals surface area contributed by atoms with Crippen LogP contribution in [0.1, 0.15) is 54.5 Å². The van der Waals surface area contributed by atoms with Crippen LogP contribution in [-0.2, 0) is 4.79 Å². The van der Waals surface area contributed by atoms with E-state index in [0.29, 0.717) is 39.3 Å². The van der Waals surface area contributed by atoms with Crippen LogP contribution < -0.4 is 5.32 Å². The molecule has 4 N–H and O–H groups in total. The lowest BCUT2D eigenvalue weighted by Crippen LogP contribution is -2.20. The van der Waals surface area contributed by atoms with E-state index in [-0.39, 0.29) is 12.5 Å². The first-order valence-corrected chi connectivity index (χ1v) is 13.8. The maximum Gasteiger partial charge on any atom is 0.305 e. The van der Waals surface area contributed by atoms with Gasteiger partial charge in [0.1, 0.15) is 11.5 Å².